The van der Waals surface area contributed by atoms with E-state index in [9.17, 15) is 14.4 Å². The van der Waals surface area contributed by atoms with Crippen LogP contribution < -0.4 is 15.7 Å². The maximum Gasteiger partial charge on any atom is 0.408 e. The monoisotopic (exact) mass is 437 g/mol. The second kappa shape index (κ2) is 9.26. The number of fused-ring (bicyclic) bond motifs is 1. The molecule has 168 valence electrons. The van der Waals surface area contributed by atoms with Crippen molar-refractivity contribution < 1.29 is 23.5 Å². The standard InChI is InChI=1S/C25H27NO6/c1-15-16(2)22(27)31-21-14-18(11-12-19(15)21)30-23(28)20(13-17-9-7-6-8-10-17)26-24(29)32-25(3,4)5/h6-12,14,20H,13H2,1-5H3,(H,26,29)/t20-/m1/s1. The molecule has 0 saturated carbocycles. The quantitative estimate of drug-likeness (QED) is 0.360. The molecule has 0 aliphatic heterocycles. The van der Waals surface area contributed by atoms with Crippen molar-refractivity contribution in [3.05, 3.63) is 75.6 Å². The van der Waals surface area contributed by atoms with Crippen LogP contribution in [-0.2, 0) is 16.0 Å². The molecule has 3 aromatic rings. The first-order valence-corrected chi connectivity index (χ1v) is 10.3. The Morgan fingerprint density at radius 1 is 1.03 bits per heavy atom. The lowest BCUT2D eigenvalue weighted by atomic mass is 10.1. The van der Waals surface area contributed by atoms with Crippen LogP contribution in [0.25, 0.3) is 11.0 Å². The van der Waals surface area contributed by atoms with Gasteiger partial charge in [0.15, 0.2) is 0 Å². The van der Waals surface area contributed by atoms with Gasteiger partial charge in [0.2, 0.25) is 0 Å². The van der Waals surface area contributed by atoms with Crippen molar-refractivity contribution >= 4 is 23.0 Å². The average Bonchev–Trinajstić information content (AvgIpc) is 2.71. The fourth-order valence-electron chi connectivity index (χ4n) is 3.17. The zero-order valence-corrected chi connectivity index (χ0v) is 18.9. The molecule has 3 rings (SSSR count). The zero-order chi connectivity index (χ0) is 23.5. The van der Waals surface area contributed by atoms with Gasteiger partial charge in [-0.1, -0.05) is 30.3 Å². The molecule has 7 heteroatoms. The van der Waals surface area contributed by atoms with Crippen LogP contribution in [0.4, 0.5) is 4.79 Å². The van der Waals surface area contributed by atoms with Crippen LogP contribution in [0.3, 0.4) is 0 Å². The molecule has 0 aliphatic carbocycles. The highest BCUT2D eigenvalue weighted by Crippen LogP contribution is 2.24. The van der Waals surface area contributed by atoms with E-state index in [-0.39, 0.29) is 12.2 Å². The number of ether oxygens (including phenoxy) is 2. The summed E-state index contributed by atoms with van der Waals surface area (Å²) in [7, 11) is 0. The lowest BCUT2D eigenvalue weighted by Gasteiger charge is -2.23. The van der Waals surface area contributed by atoms with Gasteiger partial charge < -0.3 is 19.2 Å². The van der Waals surface area contributed by atoms with Gasteiger partial charge in [0.1, 0.15) is 23.0 Å². The number of nitrogens with one attached hydrogen (secondary N) is 1. The van der Waals surface area contributed by atoms with E-state index in [1.165, 1.54) is 6.07 Å². The Hall–Kier alpha value is -3.61. The fraction of sp³-hybridized carbons (Fsp3) is 0.320. The van der Waals surface area contributed by atoms with Gasteiger partial charge in [0, 0.05) is 23.4 Å². The summed E-state index contributed by atoms with van der Waals surface area (Å²) in [6, 6.07) is 13.1. The molecule has 0 bridgehead atoms. The molecular weight excluding hydrogens is 410 g/mol. The molecule has 0 radical (unpaired) electrons. The molecule has 1 N–H and O–H groups in total. The summed E-state index contributed by atoms with van der Waals surface area (Å²) in [5.41, 5.74) is 1.36. The summed E-state index contributed by atoms with van der Waals surface area (Å²) < 4.78 is 16.2. The van der Waals surface area contributed by atoms with Gasteiger partial charge in [-0.3, -0.25) is 0 Å². The predicted molar refractivity (Wildman–Crippen MR) is 121 cm³/mol. The van der Waals surface area contributed by atoms with E-state index < -0.39 is 29.3 Å². The molecule has 7 nitrogen and oxygen atoms in total. The number of amides is 1. The third kappa shape index (κ3) is 5.75. The van der Waals surface area contributed by atoms with Crippen molar-refractivity contribution in [2.24, 2.45) is 0 Å². The van der Waals surface area contributed by atoms with Crippen molar-refractivity contribution in [1.29, 1.82) is 0 Å². The van der Waals surface area contributed by atoms with Crippen molar-refractivity contribution in [2.75, 3.05) is 0 Å². The predicted octanol–water partition coefficient (Wildman–Crippen LogP) is 4.45. The van der Waals surface area contributed by atoms with Crippen LogP contribution in [0.1, 0.15) is 37.5 Å². The molecule has 0 aliphatic rings. The minimum Gasteiger partial charge on any atom is -0.444 e. The Kier molecular flexibility index (Phi) is 6.67. The summed E-state index contributed by atoms with van der Waals surface area (Å²) in [5, 5.41) is 3.35. The third-order valence-electron chi connectivity index (χ3n) is 4.91. The average molecular weight is 437 g/mol. The molecule has 1 amide bonds. The Morgan fingerprint density at radius 2 is 1.72 bits per heavy atom. The number of carbonyl (C=O) groups excluding carboxylic acids is 2. The van der Waals surface area contributed by atoms with Gasteiger partial charge in [-0.25, -0.2) is 14.4 Å². The van der Waals surface area contributed by atoms with Crippen molar-refractivity contribution in [3.63, 3.8) is 0 Å². The molecule has 1 atom stereocenters. The maximum atomic E-state index is 13.0. The molecule has 0 fully saturated rings. The van der Waals surface area contributed by atoms with Gasteiger partial charge in [0.25, 0.3) is 0 Å². The molecule has 1 aromatic heterocycles. The third-order valence-corrected chi connectivity index (χ3v) is 4.91. The first kappa shape index (κ1) is 23.1. The second-order valence-corrected chi connectivity index (χ2v) is 8.61. The summed E-state index contributed by atoms with van der Waals surface area (Å²) in [6.45, 7) is 8.75. The number of esters is 1. The lowest BCUT2D eigenvalue weighted by Crippen LogP contribution is -2.46. The Bertz CT molecular complexity index is 1190. The van der Waals surface area contributed by atoms with Gasteiger partial charge >= 0.3 is 17.7 Å². The van der Waals surface area contributed by atoms with Crippen LogP contribution in [0.15, 0.2) is 57.7 Å². The number of hydrogen-bond donors (Lipinski definition) is 1. The summed E-state index contributed by atoms with van der Waals surface area (Å²) in [5.74, 6) is -0.455. The van der Waals surface area contributed by atoms with Gasteiger partial charge in [0.05, 0.1) is 0 Å². The summed E-state index contributed by atoms with van der Waals surface area (Å²) >= 11 is 0. The van der Waals surface area contributed by atoms with Gasteiger partial charge in [-0.05, 0) is 57.9 Å². The molecule has 1 heterocycles. The van der Waals surface area contributed by atoms with Gasteiger partial charge in [-0.15, -0.1) is 0 Å². The van der Waals surface area contributed by atoms with E-state index >= 15 is 0 Å². The van der Waals surface area contributed by atoms with E-state index in [4.69, 9.17) is 13.9 Å². The van der Waals surface area contributed by atoms with Crippen LogP contribution in [0, 0.1) is 13.8 Å². The highest BCUT2D eigenvalue weighted by Gasteiger charge is 2.26. The van der Waals surface area contributed by atoms with Crippen molar-refractivity contribution in [3.8, 4) is 5.75 Å². The maximum absolute atomic E-state index is 13.0. The highest BCUT2D eigenvalue weighted by molar-refractivity contribution is 5.86. The van der Waals surface area contributed by atoms with E-state index in [0.717, 1.165) is 16.5 Å². The van der Waals surface area contributed by atoms with E-state index in [0.29, 0.717) is 11.1 Å². The lowest BCUT2D eigenvalue weighted by molar-refractivity contribution is -0.136. The Morgan fingerprint density at radius 3 is 2.38 bits per heavy atom. The summed E-state index contributed by atoms with van der Waals surface area (Å²) in [6.07, 6.45) is -0.495. The molecule has 0 unspecified atom stereocenters. The SMILES string of the molecule is Cc1c(C)c2ccc(OC(=O)[C@@H](Cc3ccccc3)NC(=O)OC(C)(C)C)cc2oc1=O. The molecule has 0 spiro atoms. The fourth-order valence-corrected chi connectivity index (χ4v) is 3.17. The topological polar surface area (TPSA) is 94.8 Å². The number of hydrogen-bond acceptors (Lipinski definition) is 6. The van der Waals surface area contributed by atoms with Crippen molar-refractivity contribution in [1.82, 2.24) is 5.32 Å². The number of rotatable bonds is 5. The highest BCUT2D eigenvalue weighted by atomic mass is 16.6. The van der Waals surface area contributed by atoms with E-state index in [1.54, 1.807) is 39.8 Å². The van der Waals surface area contributed by atoms with Gasteiger partial charge in [-0.2, -0.15) is 0 Å². The Balaban J connectivity index is 1.84. The zero-order valence-electron chi connectivity index (χ0n) is 18.9. The number of aryl methyl sites for hydroxylation is 1. The minimum absolute atomic E-state index is 0.206. The molecule has 32 heavy (non-hydrogen) atoms. The second-order valence-electron chi connectivity index (χ2n) is 8.61. The number of benzene rings is 2. The summed E-state index contributed by atoms with van der Waals surface area (Å²) in [4.78, 5) is 37.3. The van der Waals surface area contributed by atoms with E-state index in [1.807, 2.05) is 37.3 Å². The smallest absolute Gasteiger partial charge is 0.408 e. The normalized spacial score (nSPS) is 12.3. The number of alkyl carbamates (subject to hydrolysis) is 1. The van der Waals surface area contributed by atoms with Crippen LogP contribution in [-0.4, -0.2) is 23.7 Å². The molecular formula is C25H27NO6. The minimum atomic E-state index is -0.977. The number of carbonyl (C=O) groups is 2. The first-order chi connectivity index (χ1) is 15.0. The largest absolute Gasteiger partial charge is 0.444 e. The molecule has 2 aromatic carbocycles. The Labute approximate surface area is 186 Å². The van der Waals surface area contributed by atoms with Crippen LogP contribution in [0.5, 0.6) is 5.75 Å². The van der Waals surface area contributed by atoms with Crippen LogP contribution >= 0.6 is 0 Å². The molecule has 0 saturated heterocycles. The van der Waals surface area contributed by atoms with E-state index in [2.05, 4.69) is 5.32 Å². The first-order valence-electron chi connectivity index (χ1n) is 10.3. The van der Waals surface area contributed by atoms with Crippen molar-refractivity contribution in [2.45, 2.75) is 52.7 Å². The van der Waals surface area contributed by atoms with Crippen LogP contribution in [0.2, 0.25) is 0 Å².